The van der Waals surface area contributed by atoms with Crippen LogP contribution in [0.4, 0.5) is 11.4 Å². The van der Waals surface area contributed by atoms with E-state index in [0.29, 0.717) is 11.1 Å². The number of nitro groups is 1. The smallest absolute Gasteiger partial charge is 0.309 e. The van der Waals surface area contributed by atoms with Crippen LogP contribution in [-0.4, -0.2) is 18.0 Å². The van der Waals surface area contributed by atoms with Crippen molar-refractivity contribution in [3.63, 3.8) is 0 Å². The molecule has 0 aliphatic carbocycles. The largest absolute Gasteiger partial charge is 0.469 e. The van der Waals surface area contributed by atoms with Crippen molar-refractivity contribution in [3.05, 3.63) is 33.4 Å². The van der Waals surface area contributed by atoms with Gasteiger partial charge in [-0.25, -0.2) is 0 Å². The van der Waals surface area contributed by atoms with E-state index >= 15 is 0 Å². The van der Waals surface area contributed by atoms with Crippen molar-refractivity contribution in [3.8, 4) is 0 Å². The van der Waals surface area contributed by atoms with Gasteiger partial charge in [0.25, 0.3) is 5.69 Å². The molecule has 6 nitrogen and oxygen atoms in total. The topological polar surface area (TPSA) is 95.5 Å². The molecule has 0 spiro atoms. The third-order valence-electron chi connectivity index (χ3n) is 2.15. The summed E-state index contributed by atoms with van der Waals surface area (Å²) in [6, 6.07) is 2.98. The second-order valence-corrected chi connectivity index (χ2v) is 3.36. The maximum Gasteiger partial charge on any atom is 0.309 e. The van der Waals surface area contributed by atoms with Crippen LogP contribution in [0.15, 0.2) is 12.1 Å². The maximum absolute atomic E-state index is 11.0. The first-order chi connectivity index (χ1) is 7.45. The molecule has 0 aliphatic heterocycles. The van der Waals surface area contributed by atoms with Gasteiger partial charge >= 0.3 is 5.97 Å². The van der Waals surface area contributed by atoms with E-state index in [0.717, 1.165) is 0 Å². The Morgan fingerprint density at radius 2 is 2.19 bits per heavy atom. The van der Waals surface area contributed by atoms with E-state index in [4.69, 9.17) is 5.73 Å². The monoisotopic (exact) mass is 224 g/mol. The fourth-order valence-electron chi connectivity index (χ4n) is 1.47. The van der Waals surface area contributed by atoms with Crippen LogP contribution in [-0.2, 0) is 16.0 Å². The van der Waals surface area contributed by atoms with Crippen LogP contribution in [0.3, 0.4) is 0 Å². The zero-order valence-corrected chi connectivity index (χ0v) is 9.02. The third kappa shape index (κ3) is 2.47. The van der Waals surface area contributed by atoms with Crippen molar-refractivity contribution in [1.82, 2.24) is 0 Å². The molecule has 0 aromatic heterocycles. The highest BCUT2D eigenvalue weighted by Gasteiger charge is 2.17. The number of carbonyl (C=O) groups is 1. The lowest BCUT2D eigenvalue weighted by Crippen LogP contribution is -2.06. The molecule has 0 heterocycles. The Hall–Kier alpha value is -2.11. The molecule has 0 aliphatic rings. The lowest BCUT2D eigenvalue weighted by Gasteiger charge is -2.05. The average molecular weight is 224 g/mol. The number of methoxy groups -OCH3 is 1. The van der Waals surface area contributed by atoms with E-state index in [1.165, 1.54) is 13.2 Å². The Bertz CT molecular complexity index is 419. The van der Waals surface area contributed by atoms with Crippen molar-refractivity contribution in [2.24, 2.45) is 0 Å². The molecule has 2 N–H and O–H groups in total. The minimum atomic E-state index is -0.535. The fraction of sp³-hybridized carbons (Fsp3) is 0.300. The zero-order valence-electron chi connectivity index (χ0n) is 9.02. The maximum atomic E-state index is 11.0. The van der Waals surface area contributed by atoms with Crippen molar-refractivity contribution >= 4 is 17.3 Å². The van der Waals surface area contributed by atoms with Gasteiger partial charge in [0.2, 0.25) is 0 Å². The van der Waals surface area contributed by atoms with E-state index in [9.17, 15) is 14.9 Å². The highest BCUT2D eigenvalue weighted by Crippen LogP contribution is 2.27. The van der Waals surface area contributed by atoms with Crippen LogP contribution < -0.4 is 5.73 Å². The number of nitrogens with two attached hydrogens (primary N) is 1. The quantitative estimate of drug-likeness (QED) is 0.360. The molecule has 1 aromatic carbocycles. The van der Waals surface area contributed by atoms with Crippen LogP contribution in [0.5, 0.6) is 0 Å². The standard InChI is InChI=1S/C10H12N2O4/c1-6-3-7(5-9(13)16-2)4-8(11)10(6)12(14)15/h3-4H,5,11H2,1-2H3. The van der Waals surface area contributed by atoms with Crippen LogP contribution in [0.1, 0.15) is 11.1 Å². The van der Waals surface area contributed by atoms with E-state index in [1.807, 2.05) is 0 Å². The van der Waals surface area contributed by atoms with Crippen molar-refractivity contribution in [2.45, 2.75) is 13.3 Å². The van der Waals surface area contributed by atoms with Crippen LogP contribution >= 0.6 is 0 Å². The van der Waals surface area contributed by atoms with Gasteiger partial charge in [-0.05, 0) is 24.6 Å². The second-order valence-electron chi connectivity index (χ2n) is 3.36. The number of ether oxygens (including phenoxy) is 1. The minimum absolute atomic E-state index is 0.0551. The summed E-state index contributed by atoms with van der Waals surface area (Å²) in [4.78, 5) is 21.2. The van der Waals surface area contributed by atoms with Gasteiger partial charge in [0, 0.05) is 5.56 Å². The lowest BCUT2D eigenvalue weighted by molar-refractivity contribution is -0.384. The predicted octanol–water partition coefficient (Wildman–Crippen LogP) is 1.20. The molecule has 0 amide bonds. The van der Waals surface area contributed by atoms with Crippen molar-refractivity contribution < 1.29 is 14.5 Å². The molecule has 6 heteroatoms. The Balaban J connectivity index is 3.10. The number of nitrogen functional groups attached to an aromatic ring is 1. The first kappa shape index (κ1) is 12.0. The van der Waals surface area contributed by atoms with E-state index < -0.39 is 10.9 Å². The lowest BCUT2D eigenvalue weighted by atomic mass is 10.1. The molecule has 86 valence electrons. The molecule has 0 saturated carbocycles. The summed E-state index contributed by atoms with van der Waals surface area (Å²) in [5.74, 6) is -0.410. The number of hydrogen-bond acceptors (Lipinski definition) is 5. The van der Waals surface area contributed by atoms with Crippen molar-refractivity contribution in [1.29, 1.82) is 0 Å². The Morgan fingerprint density at radius 1 is 1.56 bits per heavy atom. The summed E-state index contributed by atoms with van der Waals surface area (Å²) < 4.78 is 4.50. The second kappa shape index (κ2) is 4.61. The van der Waals surface area contributed by atoms with Gasteiger partial charge in [-0.15, -0.1) is 0 Å². The summed E-state index contributed by atoms with van der Waals surface area (Å²) >= 11 is 0. The molecule has 1 rings (SSSR count). The van der Waals surface area contributed by atoms with Crippen LogP contribution in [0, 0.1) is 17.0 Å². The summed E-state index contributed by atoms with van der Waals surface area (Å²) in [7, 11) is 1.28. The average Bonchev–Trinajstić information content (AvgIpc) is 2.15. The van der Waals surface area contributed by atoms with Crippen LogP contribution in [0.25, 0.3) is 0 Å². The van der Waals surface area contributed by atoms with Gasteiger partial charge in [0.05, 0.1) is 18.5 Å². The zero-order chi connectivity index (χ0) is 12.3. The number of anilines is 1. The number of nitro benzene ring substituents is 1. The van der Waals surface area contributed by atoms with Gasteiger partial charge in [-0.2, -0.15) is 0 Å². The van der Waals surface area contributed by atoms with Gasteiger partial charge < -0.3 is 10.5 Å². The minimum Gasteiger partial charge on any atom is -0.469 e. The van der Waals surface area contributed by atoms with E-state index in [-0.39, 0.29) is 17.8 Å². The van der Waals surface area contributed by atoms with Gasteiger partial charge in [-0.1, -0.05) is 0 Å². The number of carbonyl (C=O) groups excluding carboxylic acids is 1. The number of aryl methyl sites for hydroxylation is 1. The number of esters is 1. The van der Waals surface area contributed by atoms with Gasteiger partial charge in [0.15, 0.2) is 0 Å². The number of rotatable bonds is 3. The molecular formula is C10H12N2O4. The van der Waals surface area contributed by atoms with E-state index in [2.05, 4.69) is 4.74 Å². The fourth-order valence-corrected chi connectivity index (χ4v) is 1.47. The Labute approximate surface area is 92.2 Å². The Kier molecular flexibility index (Phi) is 3.44. The molecule has 0 bridgehead atoms. The van der Waals surface area contributed by atoms with E-state index in [1.54, 1.807) is 13.0 Å². The molecule has 0 fully saturated rings. The molecule has 16 heavy (non-hydrogen) atoms. The molecular weight excluding hydrogens is 212 g/mol. The summed E-state index contributed by atoms with van der Waals surface area (Å²) in [5.41, 5.74) is 6.53. The molecule has 0 saturated heterocycles. The first-order valence-corrected chi connectivity index (χ1v) is 4.56. The van der Waals surface area contributed by atoms with Crippen molar-refractivity contribution in [2.75, 3.05) is 12.8 Å². The van der Waals surface area contributed by atoms with Crippen LogP contribution in [0.2, 0.25) is 0 Å². The predicted molar refractivity (Wildman–Crippen MR) is 58.0 cm³/mol. The first-order valence-electron chi connectivity index (χ1n) is 4.56. The highest BCUT2D eigenvalue weighted by atomic mass is 16.6. The SMILES string of the molecule is COC(=O)Cc1cc(C)c([N+](=O)[O-])c(N)c1. The summed E-state index contributed by atoms with van der Waals surface area (Å²) in [6.07, 6.45) is 0.0551. The Morgan fingerprint density at radius 3 is 2.62 bits per heavy atom. The summed E-state index contributed by atoms with van der Waals surface area (Å²) in [5, 5.41) is 10.7. The molecule has 0 unspecified atom stereocenters. The summed E-state index contributed by atoms with van der Waals surface area (Å²) in [6.45, 7) is 1.58. The molecule has 0 atom stereocenters. The highest BCUT2D eigenvalue weighted by molar-refractivity contribution is 5.74. The number of hydrogen-bond donors (Lipinski definition) is 1. The third-order valence-corrected chi connectivity index (χ3v) is 2.15. The normalized spacial score (nSPS) is 9.88. The number of benzene rings is 1. The molecule has 1 aromatic rings. The van der Waals surface area contributed by atoms with Gasteiger partial charge in [-0.3, -0.25) is 14.9 Å². The molecule has 0 radical (unpaired) electrons. The van der Waals surface area contributed by atoms with Gasteiger partial charge in [0.1, 0.15) is 5.69 Å². The number of nitrogens with zero attached hydrogens (tertiary/aromatic N) is 1.